The fourth-order valence-corrected chi connectivity index (χ4v) is 4.50. The van der Waals surface area contributed by atoms with Crippen LogP contribution >= 0.6 is 0 Å². The van der Waals surface area contributed by atoms with E-state index in [1.807, 2.05) is 30.3 Å². The zero-order valence-electron chi connectivity index (χ0n) is 20.3. The Morgan fingerprint density at radius 1 is 1.29 bits per heavy atom. The van der Waals surface area contributed by atoms with Gasteiger partial charge in [-0.3, -0.25) is 4.79 Å². The summed E-state index contributed by atoms with van der Waals surface area (Å²) in [6.45, 7) is 8.80. The summed E-state index contributed by atoms with van der Waals surface area (Å²) in [4.78, 5) is 14.3. The van der Waals surface area contributed by atoms with E-state index >= 15 is 0 Å². The number of methoxy groups -OCH3 is 1. The number of anilines is 1. The highest BCUT2D eigenvalue weighted by Crippen LogP contribution is 2.33. The summed E-state index contributed by atoms with van der Waals surface area (Å²) in [6.07, 6.45) is 4.99. The van der Waals surface area contributed by atoms with Gasteiger partial charge in [0.15, 0.2) is 11.5 Å². The molecule has 1 atom stereocenters. The molecule has 0 aliphatic carbocycles. The first-order chi connectivity index (χ1) is 16.5. The minimum Gasteiger partial charge on any atom is -0.493 e. The predicted molar refractivity (Wildman–Crippen MR) is 136 cm³/mol. The van der Waals surface area contributed by atoms with Gasteiger partial charge in [0.25, 0.3) is 5.91 Å². The number of amides is 1. The molecule has 0 saturated carbocycles. The van der Waals surface area contributed by atoms with Crippen LogP contribution in [-0.4, -0.2) is 57.0 Å². The maximum Gasteiger partial charge on any atom is 0.250 e. The highest BCUT2D eigenvalue weighted by Gasteiger charge is 2.25. The maximum atomic E-state index is 12.2. The van der Waals surface area contributed by atoms with Gasteiger partial charge in [-0.15, -0.1) is 6.58 Å². The van der Waals surface area contributed by atoms with E-state index in [4.69, 9.17) is 20.3 Å². The molecule has 0 saturated heterocycles. The highest BCUT2D eigenvalue weighted by molar-refractivity contribution is 6.00. The summed E-state index contributed by atoms with van der Waals surface area (Å²) in [5.41, 5.74) is 10.6. The van der Waals surface area contributed by atoms with Crippen molar-refractivity contribution in [2.45, 2.75) is 38.6 Å². The zero-order chi connectivity index (χ0) is 24.5. The number of aliphatic hydroxyl groups is 1. The number of hydrogen-bond donors (Lipinski definition) is 3. The van der Waals surface area contributed by atoms with Crippen LogP contribution in [0.15, 0.2) is 43.0 Å². The highest BCUT2D eigenvalue weighted by atomic mass is 16.5. The van der Waals surface area contributed by atoms with Gasteiger partial charge in [0.1, 0.15) is 6.61 Å². The average molecular weight is 468 g/mol. The Hall–Kier alpha value is -3.03. The largest absolute Gasteiger partial charge is 0.493 e. The monoisotopic (exact) mass is 467 g/mol. The van der Waals surface area contributed by atoms with Gasteiger partial charge in [-0.25, -0.2) is 0 Å². The topological polar surface area (TPSA) is 97.0 Å². The van der Waals surface area contributed by atoms with Crippen LogP contribution in [0.4, 0.5) is 5.69 Å². The molecule has 184 valence electrons. The van der Waals surface area contributed by atoms with E-state index in [2.05, 4.69) is 29.8 Å². The normalized spacial score (nSPS) is 13.4. The first kappa shape index (κ1) is 25.6. The molecule has 7 heteroatoms. The number of primary amides is 1. The van der Waals surface area contributed by atoms with Crippen molar-refractivity contribution in [3.63, 3.8) is 0 Å². The second-order valence-corrected chi connectivity index (χ2v) is 8.72. The van der Waals surface area contributed by atoms with E-state index in [0.29, 0.717) is 25.1 Å². The van der Waals surface area contributed by atoms with Crippen molar-refractivity contribution in [2.24, 2.45) is 5.73 Å². The van der Waals surface area contributed by atoms with Crippen molar-refractivity contribution in [1.82, 2.24) is 5.32 Å². The fraction of sp³-hybridized carbons (Fsp3) is 0.444. The average Bonchev–Trinajstić information content (AvgIpc) is 3.23. The van der Waals surface area contributed by atoms with Gasteiger partial charge in [-0.2, -0.15) is 0 Å². The van der Waals surface area contributed by atoms with Crippen LogP contribution in [0.25, 0.3) is 0 Å². The van der Waals surface area contributed by atoms with Crippen LogP contribution in [0.1, 0.15) is 40.4 Å². The smallest absolute Gasteiger partial charge is 0.250 e. The number of carbonyl (C=O) groups is 1. The first-order valence-electron chi connectivity index (χ1n) is 11.9. The molecule has 0 radical (unpaired) electrons. The first-order valence-corrected chi connectivity index (χ1v) is 11.9. The Kier molecular flexibility index (Phi) is 9.36. The predicted octanol–water partition coefficient (Wildman–Crippen LogP) is 2.87. The number of nitrogens with one attached hydrogen (secondary N) is 1. The fourth-order valence-electron chi connectivity index (χ4n) is 4.50. The number of carbonyl (C=O) groups excluding carboxylic acids is 1. The lowest BCUT2D eigenvalue weighted by molar-refractivity contribution is 0.100. The van der Waals surface area contributed by atoms with Gasteiger partial charge in [0.05, 0.1) is 18.4 Å². The number of fused-ring (bicyclic) bond motifs is 1. The molecule has 0 aromatic heterocycles. The molecular weight excluding hydrogens is 430 g/mol. The molecule has 4 N–H and O–H groups in total. The molecule has 34 heavy (non-hydrogen) atoms. The molecule has 2 aromatic carbocycles. The molecule has 2 aromatic rings. The number of nitrogens with two attached hydrogens (primary N) is 1. The molecule has 1 unspecified atom stereocenters. The van der Waals surface area contributed by atoms with Crippen LogP contribution in [-0.2, 0) is 19.3 Å². The molecule has 1 aliphatic rings. The Balaban J connectivity index is 1.55. The molecule has 1 amide bonds. The van der Waals surface area contributed by atoms with Crippen LogP contribution < -0.4 is 25.4 Å². The summed E-state index contributed by atoms with van der Waals surface area (Å²) >= 11 is 0. The minimum atomic E-state index is -0.406. The zero-order valence-corrected chi connectivity index (χ0v) is 20.3. The van der Waals surface area contributed by atoms with Crippen molar-refractivity contribution in [1.29, 1.82) is 0 Å². The van der Waals surface area contributed by atoms with E-state index in [-0.39, 0.29) is 12.6 Å². The third kappa shape index (κ3) is 6.52. The van der Waals surface area contributed by atoms with Gasteiger partial charge >= 0.3 is 0 Å². The van der Waals surface area contributed by atoms with Crippen molar-refractivity contribution in [2.75, 3.05) is 44.9 Å². The summed E-state index contributed by atoms with van der Waals surface area (Å²) in [5.74, 6) is 1.04. The number of ether oxygens (including phenoxy) is 2. The van der Waals surface area contributed by atoms with Crippen LogP contribution in [0, 0.1) is 0 Å². The van der Waals surface area contributed by atoms with E-state index in [0.717, 1.165) is 66.2 Å². The molecule has 1 aliphatic heterocycles. The Morgan fingerprint density at radius 3 is 2.82 bits per heavy atom. The Morgan fingerprint density at radius 2 is 2.12 bits per heavy atom. The van der Waals surface area contributed by atoms with Gasteiger partial charge in [0.2, 0.25) is 0 Å². The number of aliphatic hydroxyl groups excluding tert-OH is 1. The van der Waals surface area contributed by atoms with Gasteiger partial charge in [-0.05, 0) is 67.5 Å². The Bertz CT molecular complexity index is 992. The SMILES string of the molecule is C=CCc1ccc(OCCNC(C)Cc2cc3c(c(C(N)=O)c2)N(CCCO)CC3)c(OC)c1. The number of hydrogen-bond acceptors (Lipinski definition) is 6. The van der Waals surface area contributed by atoms with Crippen LogP contribution in [0.3, 0.4) is 0 Å². The molecule has 0 bridgehead atoms. The van der Waals surface area contributed by atoms with Gasteiger partial charge < -0.3 is 30.5 Å². The second kappa shape index (κ2) is 12.4. The number of allylic oxidation sites excluding steroid dienone is 1. The number of benzene rings is 2. The van der Waals surface area contributed by atoms with Crippen LogP contribution in [0.5, 0.6) is 11.5 Å². The molecule has 0 fully saturated rings. The summed E-state index contributed by atoms with van der Waals surface area (Å²) in [5, 5.41) is 12.7. The second-order valence-electron chi connectivity index (χ2n) is 8.72. The lowest BCUT2D eigenvalue weighted by Gasteiger charge is -2.22. The lowest BCUT2D eigenvalue weighted by atomic mass is 9.98. The number of rotatable bonds is 14. The molecule has 1 heterocycles. The van der Waals surface area contributed by atoms with E-state index in [1.165, 1.54) is 0 Å². The van der Waals surface area contributed by atoms with E-state index in [9.17, 15) is 4.79 Å². The molecule has 0 spiro atoms. The maximum absolute atomic E-state index is 12.2. The van der Waals surface area contributed by atoms with Gasteiger partial charge in [-0.1, -0.05) is 18.2 Å². The van der Waals surface area contributed by atoms with Crippen molar-refractivity contribution < 1.29 is 19.4 Å². The van der Waals surface area contributed by atoms with Crippen molar-refractivity contribution in [3.8, 4) is 11.5 Å². The van der Waals surface area contributed by atoms with Crippen molar-refractivity contribution >= 4 is 11.6 Å². The Labute approximate surface area is 202 Å². The quantitative estimate of drug-likeness (QED) is 0.292. The third-order valence-corrected chi connectivity index (χ3v) is 6.07. The minimum absolute atomic E-state index is 0.135. The summed E-state index contributed by atoms with van der Waals surface area (Å²) in [6, 6.07) is 10.2. The van der Waals surface area contributed by atoms with Crippen LogP contribution in [0.2, 0.25) is 0 Å². The van der Waals surface area contributed by atoms with E-state index in [1.54, 1.807) is 7.11 Å². The van der Waals surface area contributed by atoms with Crippen molar-refractivity contribution in [3.05, 3.63) is 65.2 Å². The summed E-state index contributed by atoms with van der Waals surface area (Å²) in [7, 11) is 1.64. The number of nitrogens with zero attached hydrogens (tertiary/aromatic N) is 1. The third-order valence-electron chi connectivity index (χ3n) is 6.07. The molecular formula is C27H37N3O4. The summed E-state index contributed by atoms with van der Waals surface area (Å²) < 4.78 is 11.4. The van der Waals surface area contributed by atoms with E-state index < -0.39 is 5.91 Å². The molecule has 7 nitrogen and oxygen atoms in total. The standard InChI is InChI=1S/C27H37N3O4/c1-4-6-20-7-8-24(25(18-20)33-3)34-14-10-29-19(2)15-21-16-22-9-12-30(11-5-13-31)26(22)23(17-21)27(28)32/h4,7-8,16-19,29,31H,1,5-6,9-15H2,2-3H3,(H2,28,32). The lowest BCUT2D eigenvalue weighted by Crippen LogP contribution is -2.32. The van der Waals surface area contributed by atoms with Gasteiger partial charge in [0, 0.05) is 32.3 Å². The molecule has 3 rings (SSSR count).